The van der Waals surface area contributed by atoms with Crippen molar-refractivity contribution in [2.75, 3.05) is 0 Å². The third-order valence-corrected chi connectivity index (χ3v) is 3.29. The summed E-state index contributed by atoms with van der Waals surface area (Å²) in [6.07, 6.45) is 0. The van der Waals surface area contributed by atoms with Gasteiger partial charge in [-0.2, -0.15) is 5.26 Å². The van der Waals surface area contributed by atoms with E-state index < -0.39 is 0 Å². The molecule has 3 heteroatoms. The van der Waals surface area contributed by atoms with Gasteiger partial charge in [0.1, 0.15) is 17.4 Å². The molecule has 0 saturated heterocycles. The molecule has 0 aliphatic carbocycles. The van der Waals surface area contributed by atoms with Gasteiger partial charge in [-0.05, 0) is 31.2 Å². The first-order valence-corrected chi connectivity index (χ1v) is 6.97. The molecule has 0 atom stereocenters. The number of hydrogen-bond donors (Lipinski definition) is 0. The summed E-state index contributed by atoms with van der Waals surface area (Å²) in [5.74, 6) is 0.993. The fourth-order valence-corrected chi connectivity index (χ4v) is 2.09. The molecule has 0 aliphatic heterocycles. The summed E-state index contributed by atoms with van der Waals surface area (Å²) in [4.78, 5) is 4.49. The average molecular weight is 286 g/mol. The van der Waals surface area contributed by atoms with Crippen LogP contribution in [-0.2, 0) is 0 Å². The van der Waals surface area contributed by atoms with Crippen LogP contribution in [0.3, 0.4) is 0 Å². The number of nitriles is 1. The third kappa shape index (κ3) is 2.97. The molecular formula is C19H14N2O. The molecule has 0 amide bonds. The van der Waals surface area contributed by atoms with E-state index in [1.165, 1.54) is 0 Å². The maximum atomic E-state index is 9.23. The number of rotatable bonds is 3. The molecule has 2 aromatic carbocycles. The number of aryl methyl sites for hydroxylation is 1. The normalized spacial score (nSPS) is 10.0. The molecule has 0 spiro atoms. The summed E-state index contributed by atoms with van der Waals surface area (Å²) in [6.45, 7) is 2.01. The molecule has 3 nitrogen and oxygen atoms in total. The fraction of sp³-hybridized carbons (Fsp3) is 0.0526. The average Bonchev–Trinajstić information content (AvgIpc) is 2.58. The zero-order chi connectivity index (χ0) is 15.4. The van der Waals surface area contributed by atoms with Gasteiger partial charge in [0, 0.05) is 5.56 Å². The highest BCUT2D eigenvalue weighted by Gasteiger charge is 2.09. The molecular weight excluding hydrogens is 272 g/mol. The maximum Gasteiger partial charge on any atom is 0.237 e. The van der Waals surface area contributed by atoms with E-state index in [2.05, 4.69) is 11.1 Å². The van der Waals surface area contributed by atoms with Crippen LogP contribution in [0.25, 0.3) is 11.3 Å². The van der Waals surface area contributed by atoms with Crippen molar-refractivity contribution in [3.8, 4) is 29.0 Å². The molecule has 3 rings (SSSR count). The summed E-state index contributed by atoms with van der Waals surface area (Å²) >= 11 is 0. The Balaban J connectivity index is 1.98. The maximum absolute atomic E-state index is 9.23. The Morgan fingerprint density at radius 3 is 2.32 bits per heavy atom. The number of aromatic nitrogens is 1. The summed E-state index contributed by atoms with van der Waals surface area (Å²) < 4.78 is 5.78. The predicted molar refractivity (Wildman–Crippen MR) is 85.6 cm³/mol. The molecule has 1 aromatic heterocycles. The molecule has 106 valence electrons. The van der Waals surface area contributed by atoms with Crippen molar-refractivity contribution in [1.29, 1.82) is 5.26 Å². The van der Waals surface area contributed by atoms with Crippen LogP contribution in [0, 0.1) is 18.3 Å². The number of nitrogens with zero attached hydrogens (tertiary/aromatic N) is 2. The Bertz CT molecular complexity index is 818. The van der Waals surface area contributed by atoms with Gasteiger partial charge in [-0.3, -0.25) is 0 Å². The monoisotopic (exact) mass is 286 g/mol. The van der Waals surface area contributed by atoms with Crippen LogP contribution in [0.1, 0.15) is 11.1 Å². The van der Waals surface area contributed by atoms with E-state index in [0.717, 1.165) is 16.8 Å². The molecule has 0 saturated carbocycles. The Morgan fingerprint density at radius 1 is 0.909 bits per heavy atom. The number of benzene rings is 2. The fourth-order valence-electron chi connectivity index (χ4n) is 2.09. The van der Waals surface area contributed by atoms with Crippen molar-refractivity contribution in [3.63, 3.8) is 0 Å². The summed E-state index contributed by atoms with van der Waals surface area (Å²) in [5, 5.41) is 9.23. The smallest absolute Gasteiger partial charge is 0.237 e. The van der Waals surface area contributed by atoms with Gasteiger partial charge in [-0.15, -0.1) is 0 Å². The minimum atomic E-state index is 0.327. The lowest BCUT2D eigenvalue weighted by atomic mass is 10.1. The van der Waals surface area contributed by atoms with Crippen molar-refractivity contribution in [2.24, 2.45) is 0 Å². The first-order chi connectivity index (χ1) is 10.8. The molecule has 22 heavy (non-hydrogen) atoms. The first kappa shape index (κ1) is 13.8. The van der Waals surface area contributed by atoms with Crippen LogP contribution in [0.2, 0.25) is 0 Å². The Labute approximate surface area is 129 Å². The van der Waals surface area contributed by atoms with E-state index >= 15 is 0 Å². The summed E-state index contributed by atoms with van der Waals surface area (Å²) in [6, 6.07) is 23.2. The van der Waals surface area contributed by atoms with Gasteiger partial charge >= 0.3 is 0 Å². The lowest BCUT2D eigenvalue weighted by Crippen LogP contribution is -1.94. The van der Waals surface area contributed by atoms with Crippen LogP contribution in [0.5, 0.6) is 11.6 Å². The zero-order valence-electron chi connectivity index (χ0n) is 12.2. The molecule has 1 heterocycles. The van der Waals surface area contributed by atoms with Crippen LogP contribution in [0.4, 0.5) is 0 Å². The van der Waals surface area contributed by atoms with Gasteiger partial charge in [0.05, 0.1) is 5.69 Å². The highest BCUT2D eigenvalue weighted by atomic mass is 16.5. The van der Waals surface area contributed by atoms with Gasteiger partial charge in [-0.1, -0.05) is 48.0 Å². The van der Waals surface area contributed by atoms with Crippen LogP contribution in [-0.4, -0.2) is 4.98 Å². The quantitative estimate of drug-likeness (QED) is 0.699. The second-order valence-corrected chi connectivity index (χ2v) is 4.94. The molecule has 0 N–H and O–H groups in total. The largest absolute Gasteiger partial charge is 0.438 e. The van der Waals surface area contributed by atoms with E-state index in [1.54, 1.807) is 6.07 Å². The first-order valence-electron chi connectivity index (χ1n) is 6.97. The van der Waals surface area contributed by atoms with Crippen LogP contribution in [0.15, 0.2) is 66.7 Å². The summed E-state index contributed by atoms with van der Waals surface area (Å²) in [7, 11) is 0. The minimum absolute atomic E-state index is 0.327. The van der Waals surface area contributed by atoms with Gasteiger partial charge in [0.15, 0.2) is 0 Å². The van der Waals surface area contributed by atoms with Gasteiger partial charge in [-0.25, -0.2) is 4.98 Å². The van der Waals surface area contributed by atoms with Crippen molar-refractivity contribution >= 4 is 0 Å². The number of ether oxygens (including phenoxy) is 1. The van der Waals surface area contributed by atoms with Crippen molar-refractivity contribution in [2.45, 2.75) is 6.92 Å². The van der Waals surface area contributed by atoms with Crippen LogP contribution < -0.4 is 4.74 Å². The Kier molecular flexibility index (Phi) is 3.84. The number of hydrogen-bond acceptors (Lipinski definition) is 3. The SMILES string of the molecule is Cc1ccc(Oc2nc(-c3ccccc3)ccc2C#N)cc1. The van der Waals surface area contributed by atoms with Gasteiger partial charge in [0.25, 0.3) is 0 Å². The van der Waals surface area contributed by atoms with Crippen molar-refractivity contribution in [3.05, 3.63) is 77.9 Å². The standard InChI is InChI=1S/C19H14N2O/c1-14-7-10-17(11-8-14)22-19-16(13-20)9-12-18(21-19)15-5-3-2-4-6-15/h2-12H,1H3. The molecule has 0 aliphatic rings. The topological polar surface area (TPSA) is 45.9 Å². The molecule has 0 bridgehead atoms. The predicted octanol–water partition coefficient (Wildman–Crippen LogP) is 4.72. The van der Waals surface area contributed by atoms with Crippen molar-refractivity contribution in [1.82, 2.24) is 4.98 Å². The highest BCUT2D eigenvalue weighted by molar-refractivity contribution is 5.61. The van der Waals surface area contributed by atoms with E-state index in [9.17, 15) is 5.26 Å². The lowest BCUT2D eigenvalue weighted by Gasteiger charge is -2.09. The zero-order valence-corrected chi connectivity index (χ0v) is 12.2. The highest BCUT2D eigenvalue weighted by Crippen LogP contribution is 2.27. The van der Waals surface area contributed by atoms with E-state index in [0.29, 0.717) is 17.2 Å². The molecule has 0 unspecified atom stereocenters. The third-order valence-electron chi connectivity index (χ3n) is 3.29. The van der Waals surface area contributed by atoms with E-state index in [-0.39, 0.29) is 0 Å². The Hall–Kier alpha value is -3.12. The molecule has 0 radical (unpaired) electrons. The van der Waals surface area contributed by atoms with E-state index in [1.807, 2.05) is 67.6 Å². The number of pyridine rings is 1. The second-order valence-electron chi connectivity index (χ2n) is 4.94. The lowest BCUT2D eigenvalue weighted by molar-refractivity contribution is 0.462. The molecule has 3 aromatic rings. The van der Waals surface area contributed by atoms with Gasteiger partial charge in [0.2, 0.25) is 5.88 Å². The Morgan fingerprint density at radius 2 is 1.64 bits per heavy atom. The minimum Gasteiger partial charge on any atom is -0.438 e. The van der Waals surface area contributed by atoms with Crippen molar-refractivity contribution < 1.29 is 4.74 Å². The second kappa shape index (κ2) is 6.11. The van der Waals surface area contributed by atoms with Crippen LogP contribution >= 0.6 is 0 Å². The van der Waals surface area contributed by atoms with Gasteiger partial charge < -0.3 is 4.74 Å². The summed E-state index contributed by atoms with van der Waals surface area (Å²) in [5.41, 5.74) is 3.33. The molecule has 0 fully saturated rings. The van der Waals surface area contributed by atoms with E-state index in [4.69, 9.17) is 4.74 Å².